The number of carbonyl (C=O) groups is 4. The summed E-state index contributed by atoms with van der Waals surface area (Å²) in [6.45, 7) is 1.80. The van der Waals surface area contributed by atoms with Gasteiger partial charge in [0.2, 0.25) is 11.8 Å². The van der Waals surface area contributed by atoms with E-state index < -0.39 is 17.9 Å². The van der Waals surface area contributed by atoms with E-state index in [4.69, 9.17) is 0 Å². The minimum atomic E-state index is -0.869. The van der Waals surface area contributed by atoms with Crippen molar-refractivity contribution in [2.45, 2.75) is 38.6 Å². The highest BCUT2D eigenvalue weighted by molar-refractivity contribution is 6.23. The van der Waals surface area contributed by atoms with Gasteiger partial charge in [0, 0.05) is 12.0 Å². The highest BCUT2D eigenvalue weighted by atomic mass is 16.2. The zero-order chi connectivity index (χ0) is 14.4. The second-order valence-electron chi connectivity index (χ2n) is 5.23. The van der Waals surface area contributed by atoms with Gasteiger partial charge in [0.25, 0.3) is 11.8 Å². The Kier molecular flexibility index (Phi) is 2.81. The number of amides is 4. The maximum atomic E-state index is 12.4. The maximum absolute atomic E-state index is 12.4. The van der Waals surface area contributed by atoms with Crippen molar-refractivity contribution in [1.82, 2.24) is 10.2 Å². The molecule has 1 atom stereocenters. The predicted octanol–water partition coefficient (Wildman–Crippen LogP) is 0.197. The Morgan fingerprint density at radius 2 is 1.90 bits per heavy atom. The standard InChI is InChI=1S/C14H14N2O4/c1-7-3-2-4-8-11(7)14(20)16(13(8)19)9-5-6-10(17)15-12(9)18/h3,9H,2,4-6H2,1H3,(H,15,17,18). The molecule has 0 saturated carbocycles. The van der Waals surface area contributed by atoms with Crippen molar-refractivity contribution < 1.29 is 19.2 Å². The van der Waals surface area contributed by atoms with Crippen LogP contribution in [0.3, 0.4) is 0 Å². The van der Waals surface area contributed by atoms with Gasteiger partial charge in [-0.15, -0.1) is 0 Å². The average molecular weight is 274 g/mol. The van der Waals surface area contributed by atoms with E-state index in [1.807, 2.05) is 6.08 Å². The fourth-order valence-corrected chi connectivity index (χ4v) is 2.98. The summed E-state index contributed by atoms with van der Waals surface area (Å²) in [6, 6.07) is -0.869. The molecule has 6 nitrogen and oxygen atoms in total. The van der Waals surface area contributed by atoms with Gasteiger partial charge in [0.15, 0.2) is 0 Å². The maximum Gasteiger partial charge on any atom is 0.262 e. The van der Waals surface area contributed by atoms with Crippen molar-refractivity contribution in [2.75, 3.05) is 0 Å². The molecule has 20 heavy (non-hydrogen) atoms. The summed E-state index contributed by atoms with van der Waals surface area (Å²) in [5.41, 5.74) is 1.73. The second-order valence-corrected chi connectivity index (χ2v) is 5.23. The number of nitrogens with zero attached hydrogens (tertiary/aromatic N) is 1. The van der Waals surface area contributed by atoms with Crippen LogP contribution in [0.4, 0.5) is 0 Å². The number of piperidine rings is 1. The zero-order valence-corrected chi connectivity index (χ0v) is 11.1. The van der Waals surface area contributed by atoms with Crippen LogP contribution in [0.2, 0.25) is 0 Å². The van der Waals surface area contributed by atoms with Crippen LogP contribution >= 0.6 is 0 Å². The third-order valence-electron chi connectivity index (χ3n) is 3.97. The molecule has 4 amide bonds. The van der Waals surface area contributed by atoms with Gasteiger partial charge in [-0.25, -0.2) is 0 Å². The quantitative estimate of drug-likeness (QED) is 0.692. The van der Waals surface area contributed by atoms with E-state index in [0.717, 1.165) is 16.9 Å². The van der Waals surface area contributed by atoms with E-state index in [2.05, 4.69) is 5.32 Å². The van der Waals surface area contributed by atoms with Gasteiger partial charge in [-0.2, -0.15) is 0 Å². The average Bonchev–Trinajstić information content (AvgIpc) is 2.64. The van der Waals surface area contributed by atoms with Crippen molar-refractivity contribution in [3.8, 4) is 0 Å². The van der Waals surface area contributed by atoms with Crippen LogP contribution in [0, 0.1) is 0 Å². The van der Waals surface area contributed by atoms with Gasteiger partial charge in [-0.05, 0) is 31.8 Å². The van der Waals surface area contributed by atoms with Gasteiger partial charge >= 0.3 is 0 Å². The lowest BCUT2D eigenvalue weighted by molar-refractivity contribution is -0.150. The molecule has 1 fully saturated rings. The van der Waals surface area contributed by atoms with Gasteiger partial charge in [-0.3, -0.25) is 29.4 Å². The van der Waals surface area contributed by atoms with Crippen LogP contribution in [0.1, 0.15) is 32.6 Å². The lowest BCUT2D eigenvalue weighted by Gasteiger charge is -2.28. The van der Waals surface area contributed by atoms with E-state index in [0.29, 0.717) is 17.6 Å². The summed E-state index contributed by atoms with van der Waals surface area (Å²) in [6.07, 6.45) is 3.53. The first-order chi connectivity index (χ1) is 9.50. The molecule has 3 rings (SSSR count). The van der Waals surface area contributed by atoms with Gasteiger partial charge in [-0.1, -0.05) is 6.08 Å². The number of rotatable bonds is 1. The highest BCUT2D eigenvalue weighted by Gasteiger charge is 2.46. The van der Waals surface area contributed by atoms with Crippen molar-refractivity contribution in [1.29, 1.82) is 0 Å². The summed E-state index contributed by atoms with van der Waals surface area (Å²) in [7, 11) is 0. The van der Waals surface area contributed by atoms with Crippen molar-refractivity contribution in [2.24, 2.45) is 0 Å². The smallest absolute Gasteiger partial charge is 0.262 e. The van der Waals surface area contributed by atoms with E-state index in [1.54, 1.807) is 6.92 Å². The third kappa shape index (κ3) is 1.71. The SMILES string of the molecule is CC1=CCCC2=C1C(=O)N(C1CCC(=O)NC1=O)C2=O. The molecule has 0 aromatic rings. The van der Waals surface area contributed by atoms with Crippen LogP contribution in [0.5, 0.6) is 0 Å². The van der Waals surface area contributed by atoms with E-state index in [1.165, 1.54) is 0 Å². The van der Waals surface area contributed by atoms with Crippen LogP contribution in [-0.2, 0) is 19.2 Å². The van der Waals surface area contributed by atoms with E-state index in [-0.39, 0.29) is 24.7 Å². The zero-order valence-electron chi connectivity index (χ0n) is 11.1. The van der Waals surface area contributed by atoms with Crippen LogP contribution in [0.25, 0.3) is 0 Å². The van der Waals surface area contributed by atoms with E-state index in [9.17, 15) is 19.2 Å². The number of hydrogen-bond donors (Lipinski definition) is 1. The molecule has 0 aromatic carbocycles. The minimum absolute atomic E-state index is 0.146. The summed E-state index contributed by atoms with van der Waals surface area (Å²) in [5, 5.41) is 2.18. The van der Waals surface area contributed by atoms with Crippen LogP contribution in [0.15, 0.2) is 22.8 Å². The highest BCUT2D eigenvalue weighted by Crippen LogP contribution is 2.35. The fourth-order valence-electron chi connectivity index (χ4n) is 2.98. The first-order valence-electron chi connectivity index (χ1n) is 6.62. The summed E-state index contributed by atoms with van der Waals surface area (Å²) in [5.74, 6) is -1.72. The normalized spacial score (nSPS) is 26.8. The molecule has 1 saturated heterocycles. The number of nitrogens with one attached hydrogen (secondary N) is 1. The molecular weight excluding hydrogens is 260 g/mol. The second kappa shape index (κ2) is 4.40. The third-order valence-corrected chi connectivity index (χ3v) is 3.97. The molecule has 0 spiro atoms. The lowest BCUT2D eigenvalue weighted by atomic mass is 9.93. The van der Waals surface area contributed by atoms with Crippen molar-refractivity contribution in [3.05, 3.63) is 22.8 Å². The lowest BCUT2D eigenvalue weighted by Crippen LogP contribution is -2.54. The summed E-state index contributed by atoms with van der Waals surface area (Å²) in [4.78, 5) is 48.8. The van der Waals surface area contributed by atoms with Crippen LogP contribution < -0.4 is 5.32 Å². The molecule has 0 bridgehead atoms. The Labute approximate surface area is 115 Å². The number of allylic oxidation sites excluding steroid dienone is 1. The molecule has 1 aliphatic carbocycles. The van der Waals surface area contributed by atoms with Crippen LogP contribution in [-0.4, -0.2) is 34.6 Å². The predicted molar refractivity (Wildman–Crippen MR) is 68.0 cm³/mol. The summed E-state index contributed by atoms with van der Waals surface area (Å²) < 4.78 is 0. The Balaban J connectivity index is 1.93. The van der Waals surface area contributed by atoms with E-state index >= 15 is 0 Å². The molecule has 1 unspecified atom stereocenters. The number of imide groups is 2. The largest absolute Gasteiger partial charge is 0.295 e. The Hall–Kier alpha value is -2.24. The molecule has 6 heteroatoms. The fraction of sp³-hybridized carbons (Fsp3) is 0.429. The monoisotopic (exact) mass is 274 g/mol. The first-order valence-corrected chi connectivity index (χ1v) is 6.62. The van der Waals surface area contributed by atoms with Gasteiger partial charge in [0.05, 0.1) is 5.57 Å². The molecule has 1 N–H and O–H groups in total. The molecule has 3 aliphatic rings. The Bertz CT molecular complexity index is 615. The van der Waals surface area contributed by atoms with Crippen molar-refractivity contribution in [3.63, 3.8) is 0 Å². The molecule has 0 radical (unpaired) electrons. The van der Waals surface area contributed by atoms with Crippen molar-refractivity contribution >= 4 is 23.6 Å². The Morgan fingerprint density at radius 3 is 2.55 bits per heavy atom. The number of carbonyl (C=O) groups excluding carboxylic acids is 4. The minimum Gasteiger partial charge on any atom is -0.295 e. The molecular formula is C14H14N2O4. The van der Waals surface area contributed by atoms with Gasteiger partial charge < -0.3 is 0 Å². The van der Waals surface area contributed by atoms with Gasteiger partial charge in [0.1, 0.15) is 6.04 Å². The molecule has 2 aliphatic heterocycles. The topological polar surface area (TPSA) is 83.6 Å². The summed E-state index contributed by atoms with van der Waals surface area (Å²) >= 11 is 0. The number of hydrogen-bond acceptors (Lipinski definition) is 4. The molecule has 0 aromatic heterocycles. The molecule has 2 heterocycles. The Morgan fingerprint density at radius 1 is 1.15 bits per heavy atom. The molecule has 104 valence electrons. The first kappa shape index (κ1) is 12.8.